The largest absolute Gasteiger partial charge is 0.397 e. The van der Waals surface area contributed by atoms with Crippen LogP contribution < -0.4 is 11.1 Å². The zero-order valence-electron chi connectivity index (χ0n) is 10.2. The van der Waals surface area contributed by atoms with Gasteiger partial charge in [-0.05, 0) is 30.3 Å². The van der Waals surface area contributed by atoms with Crippen molar-refractivity contribution in [1.82, 2.24) is 0 Å². The van der Waals surface area contributed by atoms with Crippen molar-refractivity contribution in [2.75, 3.05) is 11.1 Å². The third kappa shape index (κ3) is 2.57. The van der Waals surface area contributed by atoms with Crippen LogP contribution in [0.3, 0.4) is 0 Å². The van der Waals surface area contributed by atoms with E-state index in [0.29, 0.717) is 5.56 Å². The summed E-state index contributed by atoms with van der Waals surface area (Å²) in [6.45, 7) is 0. The van der Waals surface area contributed by atoms with Crippen LogP contribution in [0, 0.1) is 23.0 Å². The Bertz CT molecular complexity index is 703. The molecule has 20 heavy (non-hydrogen) atoms. The first-order chi connectivity index (χ1) is 9.52. The Morgan fingerprint density at radius 1 is 1.20 bits per heavy atom. The minimum Gasteiger partial charge on any atom is -0.397 e. The molecular formula is C14H9F2N3O. The van der Waals surface area contributed by atoms with Crippen LogP contribution >= 0.6 is 0 Å². The lowest BCUT2D eigenvalue weighted by Gasteiger charge is -2.09. The highest BCUT2D eigenvalue weighted by molar-refractivity contribution is 6.06. The second kappa shape index (κ2) is 5.36. The van der Waals surface area contributed by atoms with Gasteiger partial charge in [0.15, 0.2) is 0 Å². The molecule has 0 aliphatic carbocycles. The number of carbonyl (C=O) groups excluding carboxylic acids is 1. The van der Waals surface area contributed by atoms with E-state index in [1.165, 1.54) is 18.2 Å². The van der Waals surface area contributed by atoms with Gasteiger partial charge in [-0.15, -0.1) is 0 Å². The Hall–Kier alpha value is -2.94. The van der Waals surface area contributed by atoms with Gasteiger partial charge in [0, 0.05) is 0 Å². The number of hydrogen-bond acceptors (Lipinski definition) is 3. The van der Waals surface area contributed by atoms with Crippen LogP contribution in [-0.2, 0) is 0 Å². The number of amides is 1. The fourth-order valence-electron chi connectivity index (χ4n) is 1.65. The van der Waals surface area contributed by atoms with E-state index in [4.69, 9.17) is 11.0 Å². The van der Waals surface area contributed by atoms with E-state index >= 15 is 0 Å². The first-order valence-corrected chi connectivity index (χ1v) is 5.58. The summed E-state index contributed by atoms with van der Waals surface area (Å²) >= 11 is 0. The van der Waals surface area contributed by atoms with Crippen LogP contribution in [0.4, 0.5) is 20.2 Å². The third-order valence-corrected chi connectivity index (χ3v) is 2.62. The van der Waals surface area contributed by atoms with Gasteiger partial charge >= 0.3 is 0 Å². The SMILES string of the molecule is N#Cc1ccc(NC(=O)c2c(F)cccc2F)c(N)c1. The summed E-state index contributed by atoms with van der Waals surface area (Å²) in [5, 5.41) is 11.0. The molecule has 0 spiro atoms. The van der Waals surface area contributed by atoms with Crippen molar-refractivity contribution in [1.29, 1.82) is 5.26 Å². The van der Waals surface area contributed by atoms with E-state index in [0.717, 1.165) is 18.2 Å². The lowest BCUT2D eigenvalue weighted by Crippen LogP contribution is -2.16. The number of carbonyl (C=O) groups is 1. The highest BCUT2D eigenvalue weighted by Gasteiger charge is 2.17. The maximum atomic E-state index is 13.4. The summed E-state index contributed by atoms with van der Waals surface area (Å²) in [6.07, 6.45) is 0. The van der Waals surface area contributed by atoms with E-state index in [1.807, 2.05) is 6.07 Å². The molecule has 0 unspecified atom stereocenters. The normalized spacial score (nSPS) is 9.85. The standard InChI is InChI=1S/C14H9F2N3O/c15-9-2-1-3-10(16)13(9)14(20)19-12-5-4-8(7-17)6-11(12)18/h1-6H,18H2,(H,19,20). The van der Waals surface area contributed by atoms with E-state index in [9.17, 15) is 13.6 Å². The Balaban J connectivity index is 2.31. The monoisotopic (exact) mass is 273 g/mol. The van der Waals surface area contributed by atoms with Gasteiger partial charge in [-0.1, -0.05) is 6.07 Å². The first-order valence-electron chi connectivity index (χ1n) is 5.58. The molecule has 100 valence electrons. The molecule has 2 aromatic rings. The molecule has 4 nitrogen and oxygen atoms in total. The predicted molar refractivity (Wildman–Crippen MR) is 69.9 cm³/mol. The van der Waals surface area contributed by atoms with Crippen LogP contribution in [0.25, 0.3) is 0 Å². The summed E-state index contributed by atoms with van der Waals surface area (Å²) in [7, 11) is 0. The van der Waals surface area contributed by atoms with Gasteiger partial charge in [-0.3, -0.25) is 4.79 Å². The fraction of sp³-hybridized carbons (Fsp3) is 0. The Morgan fingerprint density at radius 3 is 2.40 bits per heavy atom. The molecule has 0 heterocycles. The molecule has 1 amide bonds. The lowest BCUT2D eigenvalue weighted by molar-refractivity contribution is 0.101. The highest BCUT2D eigenvalue weighted by atomic mass is 19.1. The molecule has 0 bridgehead atoms. The maximum Gasteiger partial charge on any atom is 0.261 e. The van der Waals surface area contributed by atoms with Crippen molar-refractivity contribution in [3.05, 3.63) is 59.2 Å². The Morgan fingerprint density at radius 2 is 1.85 bits per heavy atom. The number of anilines is 2. The summed E-state index contributed by atoms with van der Waals surface area (Å²) in [5.74, 6) is -2.87. The second-order valence-electron chi connectivity index (χ2n) is 3.96. The van der Waals surface area contributed by atoms with Crippen molar-refractivity contribution >= 4 is 17.3 Å². The van der Waals surface area contributed by atoms with E-state index in [-0.39, 0.29) is 11.4 Å². The molecule has 0 atom stereocenters. The fourth-order valence-corrected chi connectivity index (χ4v) is 1.65. The topological polar surface area (TPSA) is 78.9 Å². The predicted octanol–water partition coefficient (Wildman–Crippen LogP) is 2.67. The van der Waals surface area contributed by atoms with E-state index < -0.39 is 23.1 Å². The molecule has 0 aromatic heterocycles. The van der Waals surface area contributed by atoms with Crippen molar-refractivity contribution in [2.45, 2.75) is 0 Å². The second-order valence-corrected chi connectivity index (χ2v) is 3.96. The van der Waals surface area contributed by atoms with Crippen molar-refractivity contribution < 1.29 is 13.6 Å². The van der Waals surface area contributed by atoms with Gasteiger partial charge in [0.05, 0.1) is 23.0 Å². The Labute approximate surface area is 113 Å². The van der Waals surface area contributed by atoms with Gasteiger partial charge < -0.3 is 11.1 Å². The maximum absolute atomic E-state index is 13.4. The van der Waals surface area contributed by atoms with Gasteiger partial charge in [0.25, 0.3) is 5.91 Å². The van der Waals surface area contributed by atoms with Gasteiger partial charge in [-0.25, -0.2) is 8.78 Å². The smallest absolute Gasteiger partial charge is 0.261 e. The van der Waals surface area contributed by atoms with Crippen LogP contribution in [0.15, 0.2) is 36.4 Å². The van der Waals surface area contributed by atoms with Gasteiger partial charge in [-0.2, -0.15) is 5.26 Å². The third-order valence-electron chi connectivity index (χ3n) is 2.62. The summed E-state index contributed by atoms with van der Waals surface area (Å²) in [4.78, 5) is 11.9. The number of nitrogen functional groups attached to an aromatic ring is 1. The lowest BCUT2D eigenvalue weighted by atomic mass is 10.1. The number of benzene rings is 2. The molecule has 3 N–H and O–H groups in total. The van der Waals surface area contributed by atoms with Crippen LogP contribution in [0.1, 0.15) is 15.9 Å². The van der Waals surface area contributed by atoms with E-state index in [2.05, 4.69) is 5.32 Å². The molecule has 2 rings (SSSR count). The highest BCUT2D eigenvalue weighted by Crippen LogP contribution is 2.21. The molecular weight excluding hydrogens is 264 g/mol. The number of nitrogens with two attached hydrogens (primary N) is 1. The summed E-state index contributed by atoms with van der Waals surface area (Å²) in [6, 6.07) is 9.20. The first kappa shape index (κ1) is 13.5. The quantitative estimate of drug-likeness (QED) is 0.825. The summed E-state index contributed by atoms with van der Waals surface area (Å²) in [5.41, 5.74) is 5.59. The number of hydrogen-bond donors (Lipinski definition) is 2. The number of halogens is 2. The molecule has 0 aliphatic heterocycles. The number of rotatable bonds is 2. The Kier molecular flexibility index (Phi) is 3.62. The zero-order chi connectivity index (χ0) is 14.7. The molecule has 0 saturated carbocycles. The minimum atomic E-state index is -0.963. The van der Waals surface area contributed by atoms with E-state index in [1.54, 1.807) is 0 Å². The molecule has 0 saturated heterocycles. The van der Waals surface area contributed by atoms with Gasteiger partial charge in [0.2, 0.25) is 0 Å². The zero-order valence-corrected chi connectivity index (χ0v) is 10.2. The van der Waals surface area contributed by atoms with Gasteiger partial charge in [0.1, 0.15) is 17.2 Å². The van der Waals surface area contributed by atoms with Crippen LogP contribution in [-0.4, -0.2) is 5.91 Å². The minimum absolute atomic E-state index is 0.133. The van der Waals surface area contributed by atoms with Crippen LogP contribution in [0.2, 0.25) is 0 Å². The average Bonchev–Trinajstić information content (AvgIpc) is 2.41. The molecule has 2 aromatic carbocycles. The molecule has 0 aliphatic rings. The number of nitriles is 1. The summed E-state index contributed by atoms with van der Waals surface area (Å²) < 4.78 is 26.9. The number of nitrogens with one attached hydrogen (secondary N) is 1. The average molecular weight is 273 g/mol. The van der Waals surface area contributed by atoms with Crippen molar-refractivity contribution in [2.24, 2.45) is 0 Å². The van der Waals surface area contributed by atoms with Crippen molar-refractivity contribution in [3.8, 4) is 6.07 Å². The van der Waals surface area contributed by atoms with Crippen LogP contribution in [0.5, 0.6) is 0 Å². The number of nitrogens with zero attached hydrogens (tertiary/aromatic N) is 1. The molecule has 6 heteroatoms. The molecule has 0 fully saturated rings. The molecule has 0 radical (unpaired) electrons. The van der Waals surface area contributed by atoms with Crippen molar-refractivity contribution in [3.63, 3.8) is 0 Å².